The molecule has 0 radical (unpaired) electrons. The summed E-state index contributed by atoms with van der Waals surface area (Å²) in [4.78, 5) is 23.9. The Morgan fingerprint density at radius 2 is 1.81 bits per heavy atom. The number of amides is 1. The molecule has 0 bridgehead atoms. The first-order valence-corrected chi connectivity index (χ1v) is 9.45. The minimum Gasteiger partial charge on any atom is -0.367 e. The number of benzene rings is 1. The van der Waals surface area contributed by atoms with Crippen LogP contribution in [0.3, 0.4) is 0 Å². The van der Waals surface area contributed by atoms with Crippen LogP contribution in [-0.4, -0.2) is 40.5 Å². The summed E-state index contributed by atoms with van der Waals surface area (Å²) < 4.78 is 5.86. The van der Waals surface area contributed by atoms with Gasteiger partial charge < -0.3 is 9.64 Å². The second kappa shape index (κ2) is 7.16. The molecular weight excluding hydrogens is 326 g/mol. The number of aromatic nitrogens is 2. The summed E-state index contributed by atoms with van der Waals surface area (Å²) >= 11 is 0. The highest BCUT2D eigenvalue weighted by atomic mass is 16.5. The minimum absolute atomic E-state index is 0.0797. The van der Waals surface area contributed by atoms with Crippen LogP contribution in [-0.2, 0) is 17.6 Å². The van der Waals surface area contributed by atoms with Gasteiger partial charge in [-0.2, -0.15) is 0 Å². The first-order valence-electron chi connectivity index (χ1n) is 9.45. The fourth-order valence-corrected chi connectivity index (χ4v) is 3.94. The highest BCUT2D eigenvalue weighted by Crippen LogP contribution is 2.25. The van der Waals surface area contributed by atoms with Crippen LogP contribution in [0.5, 0.6) is 0 Å². The number of rotatable bonds is 2. The fourth-order valence-electron chi connectivity index (χ4n) is 3.94. The summed E-state index contributed by atoms with van der Waals surface area (Å²) in [6.45, 7) is 5.53. The maximum Gasteiger partial charge on any atom is 0.254 e. The minimum atomic E-state index is -0.260. The molecule has 1 aromatic heterocycles. The summed E-state index contributed by atoms with van der Waals surface area (Å²) in [5.74, 6) is 0.751. The van der Waals surface area contributed by atoms with Crippen LogP contribution in [0.2, 0.25) is 0 Å². The van der Waals surface area contributed by atoms with Gasteiger partial charge in [0, 0.05) is 23.5 Å². The second-order valence-electron chi connectivity index (χ2n) is 7.31. The van der Waals surface area contributed by atoms with Gasteiger partial charge in [-0.05, 0) is 68.9 Å². The van der Waals surface area contributed by atoms with E-state index in [0.717, 1.165) is 29.8 Å². The van der Waals surface area contributed by atoms with E-state index >= 15 is 0 Å². The number of hydrogen-bond donors (Lipinski definition) is 0. The largest absolute Gasteiger partial charge is 0.367 e. The van der Waals surface area contributed by atoms with E-state index in [2.05, 4.69) is 22.1 Å². The highest BCUT2D eigenvalue weighted by Gasteiger charge is 2.28. The van der Waals surface area contributed by atoms with Crippen molar-refractivity contribution in [1.29, 1.82) is 0 Å². The predicted octanol–water partition coefficient (Wildman–Crippen LogP) is 3.19. The molecule has 1 aliphatic heterocycles. The van der Waals surface area contributed by atoms with Crippen molar-refractivity contribution < 1.29 is 9.53 Å². The Balaban J connectivity index is 1.53. The quantitative estimate of drug-likeness (QED) is 0.834. The standard InChI is InChI=1S/C21H25N3O2/c1-14-11-15(2)23-20(22-14)19-13-24(9-10-26-19)21(25)18-8-7-16-5-3-4-6-17(16)12-18/h7-8,11-12,19H,3-6,9-10,13H2,1-2H3/t19-/m0/s1. The molecule has 1 fully saturated rings. The zero-order chi connectivity index (χ0) is 18.1. The SMILES string of the molecule is Cc1cc(C)nc([C@@H]2CN(C(=O)c3ccc4c(c3)CCCC4)CCO2)n1. The van der Waals surface area contributed by atoms with Gasteiger partial charge in [-0.1, -0.05) is 6.07 Å². The zero-order valence-electron chi connectivity index (χ0n) is 15.5. The third kappa shape index (κ3) is 3.49. The summed E-state index contributed by atoms with van der Waals surface area (Å²) in [6.07, 6.45) is 4.42. The van der Waals surface area contributed by atoms with Gasteiger partial charge in [0.25, 0.3) is 5.91 Å². The van der Waals surface area contributed by atoms with Gasteiger partial charge in [0.2, 0.25) is 0 Å². The highest BCUT2D eigenvalue weighted by molar-refractivity contribution is 5.94. The molecule has 1 atom stereocenters. The van der Waals surface area contributed by atoms with Crippen molar-refractivity contribution in [2.45, 2.75) is 45.6 Å². The van der Waals surface area contributed by atoms with Crippen LogP contribution in [0.1, 0.15) is 57.6 Å². The molecule has 1 amide bonds. The van der Waals surface area contributed by atoms with E-state index in [1.807, 2.05) is 30.9 Å². The van der Waals surface area contributed by atoms with E-state index in [1.165, 1.54) is 24.0 Å². The number of carbonyl (C=O) groups excluding carboxylic acids is 1. The fraction of sp³-hybridized carbons (Fsp3) is 0.476. The molecule has 136 valence electrons. The van der Waals surface area contributed by atoms with Gasteiger partial charge in [0.1, 0.15) is 6.10 Å². The van der Waals surface area contributed by atoms with E-state index in [0.29, 0.717) is 25.5 Å². The lowest BCUT2D eigenvalue weighted by molar-refractivity contribution is -0.0269. The summed E-state index contributed by atoms with van der Waals surface area (Å²) in [6, 6.07) is 8.15. The molecule has 2 aliphatic rings. The molecule has 1 aliphatic carbocycles. The third-order valence-electron chi connectivity index (χ3n) is 5.24. The molecule has 0 N–H and O–H groups in total. The first-order chi connectivity index (χ1) is 12.6. The van der Waals surface area contributed by atoms with Gasteiger partial charge in [0.15, 0.2) is 5.82 Å². The van der Waals surface area contributed by atoms with Gasteiger partial charge >= 0.3 is 0 Å². The Morgan fingerprint density at radius 1 is 1.08 bits per heavy atom. The Labute approximate surface area is 154 Å². The zero-order valence-corrected chi connectivity index (χ0v) is 15.5. The number of morpholine rings is 1. The van der Waals surface area contributed by atoms with Crippen molar-refractivity contribution in [3.63, 3.8) is 0 Å². The lowest BCUT2D eigenvalue weighted by Gasteiger charge is -2.32. The first kappa shape index (κ1) is 17.2. The van der Waals surface area contributed by atoms with Crippen molar-refractivity contribution in [2.24, 2.45) is 0 Å². The lowest BCUT2D eigenvalue weighted by atomic mass is 9.90. The number of aryl methyl sites for hydroxylation is 4. The van der Waals surface area contributed by atoms with Gasteiger partial charge in [-0.25, -0.2) is 9.97 Å². The van der Waals surface area contributed by atoms with E-state index in [4.69, 9.17) is 4.74 Å². The van der Waals surface area contributed by atoms with Crippen LogP contribution in [0.15, 0.2) is 24.3 Å². The van der Waals surface area contributed by atoms with E-state index in [1.54, 1.807) is 0 Å². The van der Waals surface area contributed by atoms with Crippen molar-refractivity contribution in [2.75, 3.05) is 19.7 Å². The van der Waals surface area contributed by atoms with Crippen molar-refractivity contribution in [3.05, 3.63) is 58.2 Å². The summed E-state index contributed by atoms with van der Waals surface area (Å²) in [7, 11) is 0. The van der Waals surface area contributed by atoms with Crippen LogP contribution in [0.25, 0.3) is 0 Å². The van der Waals surface area contributed by atoms with Crippen molar-refractivity contribution >= 4 is 5.91 Å². The van der Waals surface area contributed by atoms with E-state index < -0.39 is 0 Å². The number of nitrogens with zero attached hydrogens (tertiary/aromatic N) is 3. The van der Waals surface area contributed by atoms with E-state index in [9.17, 15) is 4.79 Å². The van der Waals surface area contributed by atoms with Crippen molar-refractivity contribution in [1.82, 2.24) is 14.9 Å². The molecule has 0 unspecified atom stereocenters. The second-order valence-corrected chi connectivity index (χ2v) is 7.31. The van der Waals surface area contributed by atoms with Crippen LogP contribution in [0.4, 0.5) is 0 Å². The number of carbonyl (C=O) groups is 1. The number of fused-ring (bicyclic) bond motifs is 1. The average Bonchev–Trinajstić information content (AvgIpc) is 2.66. The molecule has 0 spiro atoms. The summed E-state index contributed by atoms with van der Waals surface area (Å²) in [5.41, 5.74) is 5.37. The van der Waals surface area contributed by atoms with Gasteiger partial charge in [-0.15, -0.1) is 0 Å². The topological polar surface area (TPSA) is 55.3 Å². The molecule has 26 heavy (non-hydrogen) atoms. The van der Waals surface area contributed by atoms with Gasteiger partial charge in [0.05, 0.1) is 13.2 Å². The molecule has 0 saturated carbocycles. The van der Waals surface area contributed by atoms with Crippen LogP contribution >= 0.6 is 0 Å². The molecular formula is C21H25N3O2. The Morgan fingerprint density at radius 3 is 2.58 bits per heavy atom. The molecule has 1 aromatic carbocycles. The maximum atomic E-state index is 13.0. The van der Waals surface area contributed by atoms with Crippen molar-refractivity contribution in [3.8, 4) is 0 Å². The third-order valence-corrected chi connectivity index (χ3v) is 5.24. The monoisotopic (exact) mass is 351 g/mol. The molecule has 2 heterocycles. The van der Waals surface area contributed by atoms with E-state index in [-0.39, 0.29) is 12.0 Å². The lowest BCUT2D eigenvalue weighted by Crippen LogP contribution is -2.42. The molecule has 5 heteroatoms. The predicted molar refractivity (Wildman–Crippen MR) is 99.2 cm³/mol. The number of hydrogen-bond acceptors (Lipinski definition) is 4. The Kier molecular flexibility index (Phi) is 4.72. The molecule has 1 saturated heterocycles. The Hall–Kier alpha value is -2.27. The van der Waals surface area contributed by atoms with Crippen LogP contribution < -0.4 is 0 Å². The smallest absolute Gasteiger partial charge is 0.254 e. The molecule has 5 nitrogen and oxygen atoms in total. The van der Waals surface area contributed by atoms with Crippen LogP contribution in [0, 0.1) is 13.8 Å². The Bertz CT molecular complexity index is 814. The molecule has 4 rings (SSSR count). The summed E-state index contributed by atoms with van der Waals surface area (Å²) in [5, 5.41) is 0. The maximum absolute atomic E-state index is 13.0. The normalized spacial score (nSPS) is 19.9. The van der Waals surface area contributed by atoms with Gasteiger partial charge in [-0.3, -0.25) is 4.79 Å². The average molecular weight is 351 g/mol. The number of ether oxygens (including phenoxy) is 1. The molecule has 2 aromatic rings.